The third-order valence-electron chi connectivity index (χ3n) is 4.82. The number of rotatable bonds is 5. The summed E-state index contributed by atoms with van der Waals surface area (Å²) in [6.07, 6.45) is 1.74. The van der Waals surface area contributed by atoms with Gasteiger partial charge in [0.15, 0.2) is 18.1 Å². The van der Waals surface area contributed by atoms with Gasteiger partial charge < -0.3 is 9.47 Å². The predicted octanol–water partition coefficient (Wildman–Crippen LogP) is 5.83. The molecule has 0 spiro atoms. The fourth-order valence-electron chi connectivity index (χ4n) is 3.34. The normalized spacial score (nSPS) is 13.8. The van der Waals surface area contributed by atoms with Gasteiger partial charge >= 0.3 is 0 Å². The maximum Gasteiger partial charge on any atom is 0.232 e. The fourth-order valence-corrected chi connectivity index (χ4v) is 3.47. The van der Waals surface area contributed by atoms with Crippen molar-refractivity contribution in [3.63, 3.8) is 0 Å². The van der Waals surface area contributed by atoms with Gasteiger partial charge in [0.1, 0.15) is 11.5 Å². The molecule has 0 radical (unpaired) electrons. The van der Waals surface area contributed by atoms with Gasteiger partial charge in [0, 0.05) is 16.7 Å². The van der Waals surface area contributed by atoms with Crippen molar-refractivity contribution in [2.75, 3.05) is 6.61 Å². The van der Waals surface area contributed by atoms with Crippen LogP contribution in [0.2, 0.25) is 5.02 Å². The monoisotopic (exact) mass is 418 g/mol. The SMILES string of the molecule is Cc1cccc(/C=C2\Oc3cc(OCC(=O)c4ccc(Cl)cc4)cc(C)c3C2=O)c1. The van der Waals surface area contributed by atoms with Crippen molar-refractivity contribution in [1.29, 1.82) is 0 Å². The molecule has 0 amide bonds. The Labute approximate surface area is 179 Å². The smallest absolute Gasteiger partial charge is 0.232 e. The third kappa shape index (κ3) is 4.14. The molecule has 150 valence electrons. The summed E-state index contributed by atoms with van der Waals surface area (Å²) in [5.74, 6) is 0.855. The highest BCUT2D eigenvalue weighted by atomic mass is 35.5. The predicted molar refractivity (Wildman–Crippen MR) is 117 cm³/mol. The van der Waals surface area contributed by atoms with E-state index in [0.717, 1.165) is 16.7 Å². The van der Waals surface area contributed by atoms with Gasteiger partial charge in [-0.3, -0.25) is 9.59 Å². The summed E-state index contributed by atoms with van der Waals surface area (Å²) in [5, 5.41) is 0.568. The topological polar surface area (TPSA) is 52.6 Å². The molecule has 0 saturated heterocycles. The van der Waals surface area contributed by atoms with Crippen molar-refractivity contribution in [1.82, 2.24) is 0 Å². The Morgan fingerprint density at radius 3 is 2.57 bits per heavy atom. The van der Waals surface area contributed by atoms with Crippen LogP contribution in [0.25, 0.3) is 6.08 Å². The number of benzene rings is 3. The van der Waals surface area contributed by atoms with E-state index in [-0.39, 0.29) is 23.9 Å². The minimum absolute atomic E-state index is 0.125. The van der Waals surface area contributed by atoms with Crippen LogP contribution in [0.15, 0.2) is 66.4 Å². The molecular formula is C25H19ClO4. The molecule has 5 heteroatoms. The Morgan fingerprint density at radius 2 is 1.83 bits per heavy atom. The Bertz CT molecular complexity index is 1180. The van der Waals surface area contributed by atoms with Crippen LogP contribution in [0.3, 0.4) is 0 Å². The van der Waals surface area contributed by atoms with E-state index in [2.05, 4.69) is 0 Å². The number of ether oxygens (including phenoxy) is 2. The van der Waals surface area contributed by atoms with Crippen molar-refractivity contribution >= 4 is 29.2 Å². The summed E-state index contributed by atoms with van der Waals surface area (Å²) in [5.41, 5.74) is 3.77. The lowest BCUT2D eigenvalue weighted by Gasteiger charge is -2.09. The molecule has 3 aromatic carbocycles. The minimum atomic E-state index is -0.165. The maximum absolute atomic E-state index is 12.8. The fraction of sp³-hybridized carbons (Fsp3) is 0.120. The van der Waals surface area contributed by atoms with Crippen LogP contribution in [0.4, 0.5) is 0 Å². The van der Waals surface area contributed by atoms with Gasteiger partial charge in [0.2, 0.25) is 5.78 Å². The van der Waals surface area contributed by atoms with Crippen molar-refractivity contribution in [2.24, 2.45) is 0 Å². The van der Waals surface area contributed by atoms with Crippen LogP contribution in [0.1, 0.15) is 37.4 Å². The zero-order chi connectivity index (χ0) is 21.3. The molecule has 0 aliphatic carbocycles. The largest absolute Gasteiger partial charge is 0.485 e. The zero-order valence-electron chi connectivity index (χ0n) is 16.6. The van der Waals surface area contributed by atoms with Crippen molar-refractivity contribution in [2.45, 2.75) is 13.8 Å². The van der Waals surface area contributed by atoms with E-state index < -0.39 is 0 Å². The number of ketones is 2. The van der Waals surface area contributed by atoms with Crippen LogP contribution in [-0.2, 0) is 0 Å². The number of carbonyl (C=O) groups is 2. The first-order chi connectivity index (χ1) is 14.4. The molecule has 4 rings (SSSR count). The first-order valence-electron chi connectivity index (χ1n) is 9.48. The molecule has 0 aromatic heterocycles. The van der Waals surface area contributed by atoms with Gasteiger partial charge in [0.05, 0.1) is 5.56 Å². The van der Waals surface area contributed by atoms with Gasteiger partial charge in [-0.05, 0) is 61.4 Å². The number of halogens is 1. The average Bonchev–Trinajstić information content (AvgIpc) is 3.02. The van der Waals surface area contributed by atoms with E-state index in [4.69, 9.17) is 21.1 Å². The van der Waals surface area contributed by atoms with Crippen molar-refractivity contribution < 1.29 is 19.1 Å². The Kier molecular flexibility index (Phi) is 5.42. The van der Waals surface area contributed by atoms with Crippen LogP contribution in [-0.4, -0.2) is 18.2 Å². The van der Waals surface area contributed by atoms with Crippen LogP contribution < -0.4 is 9.47 Å². The van der Waals surface area contributed by atoms with E-state index in [0.29, 0.717) is 27.6 Å². The number of fused-ring (bicyclic) bond motifs is 1. The highest BCUT2D eigenvalue weighted by molar-refractivity contribution is 6.30. The molecule has 0 atom stereocenters. The van der Waals surface area contributed by atoms with Gasteiger partial charge in [-0.15, -0.1) is 0 Å². The van der Waals surface area contributed by atoms with Crippen LogP contribution >= 0.6 is 11.6 Å². The molecule has 1 heterocycles. The number of hydrogen-bond donors (Lipinski definition) is 0. The molecule has 4 nitrogen and oxygen atoms in total. The summed E-state index contributed by atoms with van der Waals surface area (Å²) in [6.45, 7) is 3.69. The molecule has 1 aliphatic rings. The van der Waals surface area contributed by atoms with Crippen molar-refractivity contribution in [3.8, 4) is 11.5 Å². The summed E-state index contributed by atoms with van der Waals surface area (Å²) in [7, 11) is 0. The number of aryl methyl sites for hydroxylation is 2. The molecule has 1 aliphatic heterocycles. The van der Waals surface area contributed by atoms with E-state index in [1.165, 1.54) is 0 Å². The molecular weight excluding hydrogens is 400 g/mol. The number of carbonyl (C=O) groups excluding carboxylic acids is 2. The van der Waals surface area contributed by atoms with Gasteiger partial charge in [-0.1, -0.05) is 41.4 Å². The summed E-state index contributed by atoms with van der Waals surface area (Å²) >= 11 is 5.85. The van der Waals surface area contributed by atoms with Gasteiger partial charge in [-0.2, -0.15) is 0 Å². The highest BCUT2D eigenvalue weighted by Gasteiger charge is 2.30. The molecule has 3 aromatic rings. The number of allylic oxidation sites excluding steroid dienone is 1. The second kappa shape index (κ2) is 8.17. The lowest BCUT2D eigenvalue weighted by atomic mass is 10.0. The molecule has 0 saturated carbocycles. The zero-order valence-corrected chi connectivity index (χ0v) is 17.3. The molecule has 0 unspecified atom stereocenters. The second-order valence-corrected chi connectivity index (χ2v) is 7.62. The van der Waals surface area contributed by atoms with Gasteiger partial charge in [0.25, 0.3) is 0 Å². The third-order valence-corrected chi connectivity index (χ3v) is 5.07. The van der Waals surface area contributed by atoms with Crippen LogP contribution in [0, 0.1) is 13.8 Å². The quantitative estimate of drug-likeness (QED) is 0.386. The van der Waals surface area contributed by atoms with Crippen LogP contribution in [0.5, 0.6) is 11.5 Å². The Balaban J connectivity index is 1.52. The average molecular weight is 419 g/mol. The minimum Gasteiger partial charge on any atom is -0.485 e. The molecule has 0 bridgehead atoms. The number of Topliss-reactive ketones (excluding diaryl/α,β-unsaturated/α-hetero) is 2. The molecule has 0 fully saturated rings. The molecule has 0 N–H and O–H groups in total. The van der Waals surface area contributed by atoms with E-state index in [1.807, 2.05) is 38.1 Å². The lowest BCUT2D eigenvalue weighted by Crippen LogP contribution is -2.11. The summed E-state index contributed by atoms with van der Waals surface area (Å²) in [4.78, 5) is 25.1. The van der Waals surface area contributed by atoms with E-state index in [1.54, 1.807) is 42.5 Å². The first kappa shape index (κ1) is 19.9. The number of hydrogen-bond acceptors (Lipinski definition) is 4. The highest BCUT2D eigenvalue weighted by Crippen LogP contribution is 2.37. The van der Waals surface area contributed by atoms with Gasteiger partial charge in [-0.25, -0.2) is 0 Å². The van der Waals surface area contributed by atoms with Crippen molar-refractivity contribution in [3.05, 3.63) is 99.3 Å². The lowest BCUT2D eigenvalue weighted by molar-refractivity contribution is 0.0920. The second-order valence-electron chi connectivity index (χ2n) is 7.19. The standard InChI is InChI=1S/C25H19ClO4/c1-15-4-3-5-17(10-15)12-23-25(28)24-16(2)11-20(13-22(24)30-23)29-14-21(27)18-6-8-19(26)9-7-18/h3-13H,14H2,1-2H3/b23-12-. The summed E-state index contributed by atoms with van der Waals surface area (Å²) < 4.78 is 11.5. The van der Waals surface area contributed by atoms with E-state index in [9.17, 15) is 9.59 Å². The Hall–Kier alpha value is -3.37. The summed E-state index contributed by atoms with van der Waals surface area (Å²) in [6, 6.07) is 17.9. The molecule has 30 heavy (non-hydrogen) atoms. The van der Waals surface area contributed by atoms with E-state index >= 15 is 0 Å². The first-order valence-corrected chi connectivity index (χ1v) is 9.85. The maximum atomic E-state index is 12.8. The Morgan fingerprint density at radius 1 is 1.07 bits per heavy atom.